The van der Waals surface area contributed by atoms with E-state index in [-0.39, 0.29) is 29.6 Å². The van der Waals surface area contributed by atoms with Crippen LogP contribution in [0.15, 0.2) is 42.5 Å². The Kier molecular flexibility index (Phi) is 5.31. The molecule has 1 aliphatic carbocycles. The van der Waals surface area contributed by atoms with Gasteiger partial charge in [0.2, 0.25) is 17.7 Å². The van der Waals surface area contributed by atoms with Crippen LogP contribution < -0.4 is 4.90 Å². The van der Waals surface area contributed by atoms with Crippen molar-refractivity contribution in [2.45, 2.75) is 32.4 Å². The van der Waals surface area contributed by atoms with Gasteiger partial charge in [-0.15, -0.1) is 0 Å². The molecule has 4 rings (SSSR count). The first-order valence-electron chi connectivity index (χ1n) is 10.2. The van der Waals surface area contributed by atoms with Crippen molar-refractivity contribution < 1.29 is 19.3 Å². The van der Waals surface area contributed by atoms with Crippen LogP contribution in [-0.2, 0) is 20.9 Å². The van der Waals surface area contributed by atoms with Crippen LogP contribution in [0.5, 0.6) is 0 Å². The van der Waals surface area contributed by atoms with Crippen LogP contribution in [0.25, 0.3) is 0 Å². The number of allylic oxidation sites excluding steroid dienone is 2. The number of rotatable bonds is 4. The van der Waals surface area contributed by atoms with Crippen LogP contribution in [0.4, 0.5) is 0 Å². The summed E-state index contributed by atoms with van der Waals surface area (Å²) in [6.07, 6.45) is 5.15. The summed E-state index contributed by atoms with van der Waals surface area (Å²) in [5, 5.41) is 0. The quantitative estimate of drug-likeness (QED) is 0.600. The average Bonchev–Trinajstić information content (AvgIpc) is 2.99. The van der Waals surface area contributed by atoms with Gasteiger partial charge in [-0.2, -0.15) is 0 Å². The van der Waals surface area contributed by atoms with Gasteiger partial charge in [0, 0.05) is 5.56 Å². The van der Waals surface area contributed by atoms with Gasteiger partial charge < -0.3 is 9.80 Å². The Labute approximate surface area is 165 Å². The van der Waals surface area contributed by atoms with E-state index in [1.165, 1.54) is 15.4 Å². The Morgan fingerprint density at radius 1 is 1.04 bits per heavy atom. The van der Waals surface area contributed by atoms with Crippen LogP contribution >= 0.6 is 0 Å². The smallest absolute Gasteiger partial charge is 0.245 e. The van der Waals surface area contributed by atoms with E-state index in [0.29, 0.717) is 25.9 Å². The third-order valence-corrected chi connectivity index (χ3v) is 6.37. The van der Waals surface area contributed by atoms with E-state index in [1.54, 1.807) is 6.92 Å². The first kappa shape index (κ1) is 18.9. The third kappa shape index (κ3) is 3.49. The van der Waals surface area contributed by atoms with E-state index in [9.17, 15) is 14.4 Å². The van der Waals surface area contributed by atoms with Crippen LogP contribution in [0, 0.1) is 11.8 Å². The SMILES string of the molecule is C[C@@H](C(=O)N1CC[NH+](Cc2ccccc2)CC1)N1C(=O)[C@H]2CC=CC[C@H]2C1=O. The van der Waals surface area contributed by atoms with Gasteiger partial charge in [-0.05, 0) is 19.8 Å². The fourth-order valence-electron chi connectivity index (χ4n) is 4.69. The number of benzene rings is 1. The number of amides is 3. The molecule has 0 bridgehead atoms. The predicted molar refractivity (Wildman–Crippen MR) is 104 cm³/mol. The van der Waals surface area contributed by atoms with Crippen LogP contribution in [-0.4, -0.2) is 59.7 Å². The highest BCUT2D eigenvalue weighted by Crippen LogP contribution is 2.36. The molecule has 2 heterocycles. The van der Waals surface area contributed by atoms with Crippen LogP contribution in [0.1, 0.15) is 25.3 Å². The normalized spacial score (nSPS) is 26.5. The molecule has 0 radical (unpaired) electrons. The maximum atomic E-state index is 13.0. The summed E-state index contributed by atoms with van der Waals surface area (Å²) in [5.74, 6) is -1.01. The molecule has 2 saturated heterocycles. The Balaban J connectivity index is 1.35. The first-order chi connectivity index (χ1) is 13.6. The number of nitrogens with zero attached hydrogens (tertiary/aromatic N) is 2. The average molecular weight is 382 g/mol. The summed E-state index contributed by atoms with van der Waals surface area (Å²) in [6.45, 7) is 5.74. The summed E-state index contributed by atoms with van der Waals surface area (Å²) in [5.41, 5.74) is 1.30. The topological polar surface area (TPSA) is 62.1 Å². The molecule has 0 spiro atoms. The van der Waals surface area contributed by atoms with Crippen LogP contribution in [0.3, 0.4) is 0 Å². The molecule has 28 heavy (non-hydrogen) atoms. The van der Waals surface area contributed by atoms with E-state index in [4.69, 9.17) is 0 Å². The molecule has 1 aromatic carbocycles. The molecular formula is C22H28N3O3+. The van der Waals surface area contributed by atoms with Crippen molar-refractivity contribution in [1.29, 1.82) is 0 Å². The van der Waals surface area contributed by atoms with Crippen LogP contribution in [0.2, 0.25) is 0 Å². The van der Waals surface area contributed by atoms with Gasteiger partial charge in [0.1, 0.15) is 12.6 Å². The zero-order valence-electron chi connectivity index (χ0n) is 16.3. The second kappa shape index (κ2) is 7.87. The molecule has 3 aliphatic rings. The fraction of sp³-hybridized carbons (Fsp3) is 0.500. The van der Waals surface area contributed by atoms with E-state index in [0.717, 1.165) is 19.6 Å². The Hall–Kier alpha value is -2.47. The minimum absolute atomic E-state index is 0.105. The highest BCUT2D eigenvalue weighted by molar-refractivity contribution is 6.08. The number of imide groups is 1. The predicted octanol–water partition coefficient (Wildman–Crippen LogP) is 0.253. The van der Waals surface area contributed by atoms with Gasteiger partial charge in [-0.3, -0.25) is 19.3 Å². The van der Waals surface area contributed by atoms with Crippen molar-refractivity contribution in [3.63, 3.8) is 0 Å². The third-order valence-electron chi connectivity index (χ3n) is 6.37. The molecule has 2 aliphatic heterocycles. The van der Waals surface area contributed by atoms with Gasteiger partial charge in [-0.25, -0.2) is 0 Å². The number of fused-ring (bicyclic) bond motifs is 1. The summed E-state index contributed by atoms with van der Waals surface area (Å²) < 4.78 is 0. The standard InChI is InChI=1S/C22H27N3O3/c1-16(25-21(27)18-9-5-6-10-19(18)22(25)28)20(26)24-13-11-23(12-14-24)15-17-7-3-2-4-8-17/h2-8,16,18-19H,9-15H2,1H3/p+1/t16-,18-,19+/m0/s1. The molecule has 1 aromatic rings. The first-order valence-corrected chi connectivity index (χ1v) is 10.2. The van der Waals surface area contributed by atoms with E-state index >= 15 is 0 Å². The molecule has 6 nitrogen and oxygen atoms in total. The summed E-state index contributed by atoms with van der Waals surface area (Å²) in [7, 11) is 0. The highest BCUT2D eigenvalue weighted by atomic mass is 16.2. The zero-order chi connectivity index (χ0) is 19.7. The summed E-state index contributed by atoms with van der Waals surface area (Å²) in [6, 6.07) is 9.67. The molecule has 0 unspecified atom stereocenters. The molecular weight excluding hydrogens is 354 g/mol. The molecule has 1 N–H and O–H groups in total. The summed E-state index contributed by atoms with van der Waals surface area (Å²) >= 11 is 0. The maximum absolute atomic E-state index is 13.0. The summed E-state index contributed by atoms with van der Waals surface area (Å²) in [4.78, 5) is 43.0. The minimum atomic E-state index is -0.707. The van der Waals surface area contributed by atoms with Crippen molar-refractivity contribution in [1.82, 2.24) is 9.80 Å². The lowest BCUT2D eigenvalue weighted by Gasteiger charge is -2.35. The van der Waals surface area contributed by atoms with Gasteiger partial charge >= 0.3 is 0 Å². The molecule has 2 fully saturated rings. The fourth-order valence-corrected chi connectivity index (χ4v) is 4.69. The molecule has 3 atom stereocenters. The lowest BCUT2D eigenvalue weighted by atomic mass is 9.85. The number of hydrogen-bond donors (Lipinski definition) is 1. The van der Waals surface area contributed by atoms with E-state index in [1.807, 2.05) is 35.3 Å². The number of carbonyl (C=O) groups excluding carboxylic acids is 3. The number of piperazine rings is 1. The molecule has 148 valence electrons. The van der Waals surface area contributed by atoms with Crippen molar-refractivity contribution in [3.05, 3.63) is 48.0 Å². The monoisotopic (exact) mass is 382 g/mol. The van der Waals surface area contributed by atoms with Gasteiger partial charge in [0.05, 0.1) is 38.0 Å². The molecule has 0 aromatic heterocycles. The largest absolute Gasteiger partial charge is 0.330 e. The lowest BCUT2D eigenvalue weighted by molar-refractivity contribution is -0.917. The Morgan fingerprint density at radius 2 is 1.61 bits per heavy atom. The molecule has 0 saturated carbocycles. The highest BCUT2D eigenvalue weighted by Gasteiger charge is 2.50. The number of likely N-dealkylation sites (tertiary alicyclic amines) is 1. The maximum Gasteiger partial charge on any atom is 0.245 e. The Morgan fingerprint density at radius 3 is 2.18 bits per heavy atom. The second-order valence-corrected chi connectivity index (χ2v) is 8.12. The number of quaternary nitrogens is 1. The van der Waals surface area contributed by atoms with Crippen molar-refractivity contribution in [2.24, 2.45) is 11.8 Å². The zero-order valence-corrected chi connectivity index (χ0v) is 16.3. The van der Waals surface area contributed by atoms with Gasteiger partial charge in [0.25, 0.3) is 0 Å². The molecule has 6 heteroatoms. The number of nitrogens with one attached hydrogen (secondary N) is 1. The van der Waals surface area contributed by atoms with Gasteiger partial charge in [-0.1, -0.05) is 42.5 Å². The molecule has 3 amide bonds. The van der Waals surface area contributed by atoms with Crippen molar-refractivity contribution in [2.75, 3.05) is 26.2 Å². The number of hydrogen-bond acceptors (Lipinski definition) is 3. The van der Waals surface area contributed by atoms with Gasteiger partial charge in [0.15, 0.2) is 0 Å². The number of carbonyl (C=O) groups is 3. The Bertz CT molecular complexity index is 757. The van der Waals surface area contributed by atoms with Crippen molar-refractivity contribution >= 4 is 17.7 Å². The lowest BCUT2D eigenvalue weighted by Crippen LogP contribution is -3.13. The van der Waals surface area contributed by atoms with Crippen molar-refractivity contribution in [3.8, 4) is 0 Å². The minimum Gasteiger partial charge on any atom is -0.330 e. The van der Waals surface area contributed by atoms with E-state index in [2.05, 4.69) is 12.1 Å². The van der Waals surface area contributed by atoms with E-state index < -0.39 is 6.04 Å². The second-order valence-electron chi connectivity index (χ2n) is 8.12.